The van der Waals surface area contributed by atoms with Gasteiger partial charge in [0, 0.05) is 19.2 Å². The maximum atomic E-state index is 12.2. The number of carbonyl (C=O) groups excluding carboxylic acids is 1. The first kappa shape index (κ1) is 12.0. The average Bonchev–Trinajstić information content (AvgIpc) is 2.75. The van der Waals surface area contributed by atoms with Crippen LogP contribution in [-0.2, 0) is 0 Å². The summed E-state index contributed by atoms with van der Waals surface area (Å²) in [7, 11) is 1.87. The number of aromatic amines is 1. The van der Waals surface area contributed by atoms with Gasteiger partial charge in [-0.2, -0.15) is 5.10 Å². The Labute approximate surface area is 101 Å². The van der Waals surface area contributed by atoms with Crippen molar-refractivity contribution in [3.05, 3.63) is 11.8 Å². The Balaban J connectivity index is 2.08. The number of H-pyrrole nitrogens is 1. The number of aromatic nitrogens is 2. The number of carbonyl (C=O) groups is 1. The van der Waals surface area contributed by atoms with E-state index in [2.05, 4.69) is 17.1 Å². The zero-order valence-corrected chi connectivity index (χ0v) is 10.4. The summed E-state index contributed by atoms with van der Waals surface area (Å²) >= 11 is 0. The summed E-state index contributed by atoms with van der Waals surface area (Å²) < 4.78 is 0. The first-order valence-electron chi connectivity index (χ1n) is 6.17. The van der Waals surface area contributed by atoms with E-state index in [-0.39, 0.29) is 5.91 Å². The lowest BCUT2D eigenvalue weighted by Crippen LogP contribution is -2.42. The van der Waals surface area contributed by atoms with Crippen molar-refractivity contribution >= 4 is 11.7 Å². The number of nitrogens with one attached hydrogen (secondary N) is 1. The minimum absolute atomic E-state index is 0.0204. The molecule has 94 valence electrons. The molecule has 1 saturated carbocycles. The second-order valence-electron chi connectivity index (χ2n) is 4.95. The van der Waals surface area contributed by atoms with E-state index in [1.54, 1.807) is 6.07 Å². The molecule has 5 heteroatoms. The van der Waals surface area contributed by atoms with Gasteiger partial charge in [0.05, 0.1) is 0 Å². The fourth-order valence-corrected chi connectivity index (χ4v) is 2.66. The highest BCUT2D eigenvalue weighted by molar-refractivity contribution is 5.93. The molecule has 0 radical (unpaired) electrons. The largest absolute Gasteiger partial charge is 0.382 e. The number of hydrogen-bond donors (Lipinski definition) is 2. The summed E-state index contributed by atoms with van der Waals surface area (Å²) in [6, 6.07) is 1.92. The number of amides is 1. The van der Waals surface area contributed by atoms with Crippen LogP contribution in [-0.4, -0.2) is 34.1 Å². The molecule has 1 heterocycles. The van der Waals surface area contributed by atoms with Crippen LogP contribution < -0.4 is 5.73 Å². The smallest absolute Gasteiger partial charge is 0.271 e. The summed E-state index contributed by atoms with van der Waals surface area (Å²) in [4.78, 5) is 14.0. The van der Waals surface area contributed by atoms with Crippen LogP contribution in [0.5, 0.6) is 0 Å². The average molecular weight is 236 g/mol. The zero-order valence-electron chi connectivity index (χ0n) is 10.4. The summed E-state index contributed by atoms with van der Waals surface area (Å²) in [5.74, 6) is 0.907. The molecule has 2 unspecified atom stereocenters. The maximum absolute atomic E-state index is 12.2. The van der Waals surface area contributed by atoms with Crippen molar-refractivity contribution in [2.24, 2.45) is 5.92 Å². The van der Waals surface area contributed by atoms with Crippen molar-refractivity contribution in [3.63, 3.8) is 0 Å². The van der Waals surface area contributed by atoms with Crippen LogP contribution in [0, 0.1) is 5.92 Å². The fourth-order valence-electron chi connectivity index (χ4n) is 2.66. The lowest BCUT2D eigenvalue weighted by molar-refractivity contribution is 0.0623. The van der Waals surface area contributed by atoms with Crippen molar-refractivity contribution in [2.45, 2.75) is 38.6 Å². The number of hydrogen-bond acceptors (Lipinski definition) is 3. The van der Waals surface area contributed by atoms with E-state index in [0.717, 1.165) is 6.42 Å². The van der Waals surface area contributed by atoms with E-state index in [9.17, 15) is 4.79 Å². The molecule has 2 atom stereocenters. The summed E-state index contributed by atoms with van der Waals surface area (Å²) in [5, 5.41) is 6.46. The van der Waals surface area contributed by atoms with Gasteiger partial charge in [0.25, 0.3) is 5.91 Å². The normalized spacial score (nSPS) is 24.6. The van der Waals surface area contributed by atoms with E-state index in [0.29, 0.717) is 23.5 Å². The Morgan fingerprint density at radius 2 is 2.24 bits per heavy atom. The number of nitrogen functional groups attached to an aromatic ring is 1. The highest BCUT2D eigenvalue weighted by Gasteiger charge is 2.28. The molecular weight excluding hydrogens is 216 g/mol. The molecule has 1 amide bonds. The van der Waals surface area contributed by atoms with Gasteiger partial charge < -0.3 is 10.6 Å². The predicted molar refractivity (Wildman–Crippen MR) is 66.5 cm³/mol. The second-order valence-corrected chi connectivity index (χ2v) is 4.95. The molecule has 0 saturated heterocycles. The first-order valence-corrected chi connectivity index (χ1v) is 6.17. The maximum Gasteiger partial charge on any atom is 0.271 e. The zero-order chi connectivity index (χ0) is 12.4. The molecule has 5 nitrogen and oxygen atoms in total. The molecule has 1 aromatic heterocycles. The van der Waals surface area contributed by atoms with E-state index in [1.165, 1.54) is 19.3 Å². The predicted octanol–water partition coefficient (Wildman–Crippen LogP) is 1.64. The van der Waals surface area contributed by atoms with Crippen LogP contribution in [0.25, 0.3) is 0 Å². The van der Waals surface area contributed by atoms with Crippen LogP contribution in [0.15, 0.2) is 6.07 Å². The van der Waals surface area contributed by atoms with Gasteiger partial charge in [-0.1, -0.05) is 19.8 Å². The third kappa shape index (κ3) is 2.43. The van der Waals surface area contributed by atoms with Crippen molar-refractivity contribution in [1.82, 2.24) is 15.1 Å². The van der Waals surface area contributed by atoms with Crippen LogP contribution >= 0.6 is 0 Å². The molecule has 1 fully saturated rings. The van der Waals surface area contributed by atoms with Crippen molar-refractivity contribution in [3.8, 4) is 0 Å². The van der Waals surface area contributed by atoms with Crippen molar-refractivity contribution in [2.75, 3.05) is 12.8 Å². The van der Waals surface area contributed by atoms with Gasteiger partial charge in [-0.3, -0.25) is 9.89 Å². The Hall–Kier alpha value is -1.52. The minimum Gasteiger partial charge on any atom is -0.382 e. The molecule has 0 spiro atoms. The van der Waals surface area contributed by atoms with Crippen LogP contribution in [0.1, 0.15) is 43.1 Å². The standard InChI is InChI=1S/C12H20N4O/c1-8-5-3-4-6-10(8)16(2)12(17)9-7-11(13)15-14-9/h7-8,10H,3-6H2,1-2H3,(H3,13,14,15). The first-order chi connectivity index (χ1) is 8.09. The van der Waals surface area contributed by atoms with Gasteiger partial charge in [0.15, 0.2) is 0 Å². The lowest BCUT2D eigenvalue weighted by Gasteiger charge is -2.36. The summed E-state index contributed by atoms with van der Waals surface area (Å²) in [5.41, 5.74) is 5.98. The minimum atomic E-state index is -0.0204. The van der Waals surface area contributed by atoms with Gasteiger partial charge in [-0.05, 0) is 18.8 Å². The SMILES string of the molecule is CC1CCCCC1N(C)C(=O)c1cc(N)n[nH]1. The molecule has 0 bridgehead atoms. The third-order valence-corrected chi connectivity index (χ3v) is 3.71. The molecular formula is C12H20N4O. The van der Waals surface area contributed by atoms with E-state index < -0.39 is 0 Å². The monoisotopic (exact) mass is 236 g/mol. The highest BCUT2D eigenvalue weighted by atomic mass is 16.2. The van der Waals surface area contributed by atoms with Crippen LogP contribution in [0.2, 0.25) is 0 Å². The lowest BCUT2D eigenvalue weighted by atomic mass is 9.85. The van der Waals surface area contributed by atoms with Crippen molar-refractivity contribution < 1.29 is 4.79 Å². The summed E-state index contributed by atoms with van der Waals surface area (Å²) in [6.07, 6.45) is 4.77. The topological polar surface area (TPSA) is 75.0 Å². The second kappa shape index (κ2) is 4.77. The van der Waals surface area contributed by atoms with Crippen molar-refractivity contribution in [1.29, 1.82) is 0 Å². The number of rotatable bonds is 2. The Morgan fingerprint density at radius 3 is 2.82 bits per heavy atom. The van der Waals surface area contributed by atoms with E-state index in [4.69, 9.17) is 5.73 Å². The molecule has 1 aliphatic rings. The highest BCUT2D eigenvalue weighted by Crippen LogP contribution is 2.28. The number of nitrogens with two attached hydrogens (primary N) is 1. The van der Waals surface area contributed by atoms with Gasteiger partial charge in [-0.15, -0.1) is 0 Å². The van der Waals surface area contributed by atoms with Gasteiger partial charge in [0.2, 0.25) is 0 Å². The van der Waals surface area contributed by atoms with Gasteiger partial charge in [-0.25, -0.2) is 0 Å². The molecule has 0 aromatic carbocycles. The Kier molecular flexibility index (Phi) is 3.36. The molecule has 1 aromatic rings. The Bertz CT molecular complexity index is 401. The molecule has 0 aliphatic heterocycles. The van der Waals surface area contributed by atoms with E-state index >= 15 is 0 Å². The third-order valence-electron chi connectivity index (χ3n) is 3.71. The molecule has 3 N–H and O–H groups in total. The molecule has 2 rings (SSSR count). The van der Waals surface area contributed by atoms with Crippen LogP contribution in [0.4, 0.5) is 5.82 Å². The number of anilines is 1. The molecule has 17 heavy (non-hydrogen) atoms. The molecule has 1 aliphatic carbocycles. The quantitative estimate of drug-likeness (QED) is 0.819. The summed E-state index contributed by atoms with van der Waals surface area (Å²) in [6.45, 7) is 2.22. The Morgan fingerprint density at radius 1 is 1.53 bits per heavy atom. The van der Waals surface area contributed by atoms with Gasteiger partial charge >= 0.3 is 0 Å². The fraction of sp³-hybridized carbons (Fsp3) is 0.667. The van der Waals surface area contributed by atoms with Crippen LogP contribution in [0.3, 0.4) is 0 Å². The number of nitrogens with zero attached hydrogens (tertiary/aromatic N) is 2. The van der Waals surface area contributed by atoms with E-state index in [1.807, 2.05) is 11.9 Å². The van der Waals surface area contributed by atoms with Gasteiger partial charge in [0.1, 0.15) is 11.5 Å².